The summed E-state index contributed by atoms with van der Waals surface area (Å²) in [6, 6.07) is 16.7. The van der Waals surface area contributed by atoms with Crippen molar-refractivity contribution in [3.8, 4) is 0 Å². The molecule has 1 aliphatic rings. The van der Waals surface area contributed by atoms with Gasteiger partial charge in [0.05, 0.1) is 15.8 Å². The summed E-state index contributed by atoms with van der Waals surface area (Å²) < 4.78 is 28.4. The predicted molar refractivity (Wildman–Crippen MR) is 125 cm³/mol. The summed E-state index contributed by atoms with van der Waals surface area (Å²) in [6.07, 6.45) is 0. The van der Waals surface area contributed by atoms with Gasteiger partial charge >= 0.3 is 0 Å². The van der Waals surface area contributed by atoms with E-state index in [0.717, 1.165) is 20.0 Å². The molecule has 0 N–H and O–H groups in total. The first-order chi connectivity index (χ1) is 14.8. The van der Waals surface area contributed by atoms with Gasteiger partial charge < -0.3 is 4.90 Å². The molecule has 1 saturated heterocycles. The van der Waals surface area contributed by atoms with Crippen molar-refractivity contribution < 1.29 is 13.2 Å². The van der Waals surface area contributed by atoms with Gasteiger partial charge in [0, 0.05) is 37.6 Å². The lowest BCUT2D eigenvalue weighted by Crippen LogP contribution is -2.52. The van der Waals surface area contributed by atoms with Crippen LogP contribution in [-0.4, -0.2) is 68.2 Å². The van der Waals surface area contributed by atoms with Crippen LogP contribution in [0.3, 0.4) is 0 Å². The lowest BCUT2D eigenvalue weighted by atomic mass is 10.1. The Bertz CT molecular complexity index is 1190. The Labute approximate surface area is 191 Å². The van der Waals surface area contributed by atoms with E-state index in [1.165, 1.54) is 15.6 Å². The number of carbonyl (C=O) groups excluding carboxylic acids is 1. The number of nitrogens with zero attached hydrogens (tertiary/aromatic N) is 3. The van der Waals surface area contributed by atoms with E-state index in [2.05, 4.69) is 0 Å². The van der Waals surface area contributed by atoms with E-state index >= 15 is 0 Å². The van der Waals surface area contributed by atoms with Crippen LogP contribution in [0.15, 0.2) is 59.5 Å². The van der Waals surface area contributed by atoms with Gasteiger partial charge in [0.1, 0.15) is 0 Å². The Morgan fingerprint density at radius 2 is 1.74 bits per heavy atom. The summed E-state index contributed by atoms with van der Waals surface area (Å²) in [5, 5.41) is 1.90. The van der Waals surface area contributed by atoms with Crippen LogP contribution < -0.4 is 0 Å². The highest BCUT2D eigenvalue weighted by atomic mass is 35.5. The van der Waals surface area contributed by atoms with Gasteiger partial charge in [-0.05, 0) is 42.1 Å². The Morgan fingerprint density at radius 3 is 2.42 bits per heavy atom. The third-order valence-corrected chi connectivity index (χ3v) is 8.52. The van der Waals surface area contributed by atoms with Crippen molar-refractivity contribution >= 4 is 49.6 Å². The topological polar surface area (TPSA) is 60.9 Å². The van der Waals surface area contributed by atoms with Gasteiger partial charge in [0.15, 0.2) is 0 Å². The molecule has 9 heteroatoms. The van der Waals surface area contributed by atoms with Crippen LogP contribution in [0.2, 0.25) is 4.34 Å². The van der Waals surface area contributed by atoms with Gasteiger partial charge in [-0.15, -0.1) is 11.3 Å². The van der Waals surface area contributed by atoms with Crippen molar-refractivity contribution in [2.75, 3.05) is 39.8 Å². The van der Waals surface area contributed by atoms with Gasteiger partial charge in [-0.2, -0.15) is 4.31 Å². The first-order valence-corrected chi connectivity index (χ1v) is 12.7. The molecule has 1 amide bonds. The molecule has 0 aliphatic carbocycles. The minimum Gasteiger partial charge on any atom is -0.339 e. The van der Waals surface area contributed by atoms with E-state index in [-0.39, 0.29) is 12.5 Å². The number of rotatable bonds is 6. The average molecular weight is 478 g/mol. The number of fused-ring (bicyclic) bond motifs is 1. The maximum atomic E-state index is 13.1. The number of hydrogen-bond donors (Lipinski definition) is 0. The second-order valence-corrected chi connectivity index (χ2v) is 11.4. The molecular formula is C22H24ClN3O3S2. The fraction of sp³-hybridized carbons (Fsp3) is 0.318. The van der Waals surface area contributed by atoms with Crippen LogP contribution >= 0.6 is 22.9 Å². The molecule has 0 atom stereocenters. The molecule has 31 heavy (non-hydrogen) atoms. The maximum absolute atomic E-state index is 13.1. The zero-order valence-corrected chi connectivity index (χ0v) is 19.6. The quantitative estimate of drug-likeness (QED) is 0.545. The van der Waals surface area contributed by atoms with E-state index in [9.17, 15) is 13.2 Å². The predicted octanol–water partition coefficient (Wildman–Crippen LogP) is 3.52. The van der Waals surface area contributed by atoms with Gasteiger partial charge in [-0.25, -0.2) is 8.42 Å². The molecule has 164 valence electrons. The maximum Gasteiger partial charge on any atom is 0.243 e. The van der Waals surface area contributed by atoms with Crippen LogP contribution in [-0.2, 0) is 21.4 Å². The van der Waals surface area contributed by atoms with Gasteiger partial charge in [0.2, 0.25) is 15.9 Å². The van der Waals surface area contributed by atoms with Crippen LogP contribution in [0.4, 0.5) is 0 Å². The van der Waals surface area contributed by atoms with E-state index in [0.29, 0.717) is 37.6 Å². The highest BCUT2D eigenvalue weighted by Crippen LogP contribution is 2.24. The van der Waals surface area contributed by atoms with Crippen LogP contribution in [0, 0.1) is 0 Å². The summed E-state index contributed by atoms with van der Waals surface area (Å²) in [5.74, 6) is 0.00732. The van der Waals surface area contributed by atoms with E-state index < -0.39 is 10.0 Å². The number of likely N-dealkylation sites (N-methyl/N-ethyl adjacent to an activating group) is 1. The van der Waals surface area contributed by atoms with Gasteiger partial charge in [-0.3, -0.25) is 9.69 Å². The van der Waals surface area contributed by atoms with Crippen molar-refractivity contribution in [2.45, 2.75) is 11.4 Å². The lowest BCUT2D eigenvalue weighted by Gasteiger charge is -2.34. The van der Waals surface area contributed by atoms with Crippen molar-refractivity contribution in [3.05, 3.63) is 63.8 Å². The Hall–Kier alpha value is -1.97. The van der Waals surface area contributed by atoms with Crippen molar-refractivity contribution in [2.24, 2.45) is 0 Å². The van der Waals surface area contributed by atoms with E-state index in [1.54, 1.807) is 17.0 Å². The molecule has 1 aliphatic heterocycles. The molecule has 6 nitrogen and oxygen atoms in total. The first kappa shape index (κ1) is 22.2. The standard InChI is InChI=1S/C22H24ClN3O3S2/c1-24(15-19-7-9-21(23)30-19)16-22(27)25-10-12-26(13-11-25)31(28,29)20-8-6-17-4-2-3-5-18(17)14-20/h2-9,14H,10-13,15-16H2,1H3. The smallest absolute Gasteiger partial charge is 0.243 e. The molecule has 2 heterocycles. The van der Waals surface area contributed by atoms with Crippen LogP contribution in [0.25, 0.3) is 10.8 Å². The van der Waals surface area contributed by atoms with Gasteiger partial charge in [-0.1, -0.05) is 41.9 Å². The number of piperazine rings is 1. The minimum atomic E-state index is -3.59. The van der Waals surface area contributed by atoms with E-state index in [1.807, 2.05) is 54.4 Å². The summed E-state index contributed by atoms with van der Waals surface area (Å²) in [7, 11) is -1.70. The summed E-state index contributed by atoms with van der Waals surface area (Å²) in [5.41, 5.74) is 0. The molecule has 4 rings (SSSR count). The molecule has 0 spiro atoms. The minimum absolute atomic E-state index is 0.00732. The fourth-order valence-corrected chi connectivity index (χ4v) is 6.37. The summed E-state index contributed by atoms with van der Waals surface area (Å²) in [6.45, 7) is 2.32. The molecule has 1 aromatic heterocycles. The number of benzene rings is 2. The second kappa shape index (κ2) is 9.26. The van der Waals surface area contributed by atoms with Crippen LogP contribution in [0.5, 0.6) is 0 Å². The molecule has 1 fully saturated rings. The third-order valence-electron chi connectivity index (χ3n) is 5.41. The molecule has 0 bridgehead atoms. The van der Waals surface area contributed by atoms with Crippen molar-refractivity contribution in [3.63, 3.8) is 0 Å². The number of thiophene rings is 1. The van der Waals surface area contributed by atoms with Crippen molar-refractivity contribution in [1.29, 1.82) is 0 Å². The lowest BCUT2D eigenvalue weighted by molar-refractivity contribution is -0.133. The molecule has 0 saturated carbocycles. The van der Waals surface area contributed by atoms with Gasteiger partial charge in [0.25, 0.3) is 0 Å². The first-order valence-electron chi connectivity index (χ1n) is 10.0. The number of sulfonamides is 1. The highest BCUT2D eigenvalue weighted by Gasteiger charge is 2.30. The number of carbonyl (C=O) groups is 1. The largest absolute Gasteiger partial charge is 0.339 e. The second-order valence-electron chi connectivity index (χ2n) is 7.67. The Morgan fingerprint density at radius 1 is 1.03 bits per heavy atom. The number of hydrogen-bond acceptors (Lipinski definition) is 5. The third kappa shape index (κ3) is 5.10. The molecule has 3 aromatic rings. The highest BCUT2D eigenvalue weighted by molar-refractivity contribution is 7.89. The average Bonchev–Trinajstić information content (AvgIpc) is 3.17. The normalized spacial score (nSPS) is 15.6. The van der Waals surface area contributed by atoms with E-state index in [4.69, 9.17) is 11.6 Å². The SMILES string of the molecule is CN(CC(=O)N1CCN(S(=O)(=O)c2ccc3ccccc3c2)CC1)Cc1ccc(Cl)s1. The number of amides is 1. The summed E-state index contributed by atoms with van der Waals surface area (Å²) in [4.78, 5) is 17.8. The Kier molecular flexibility index (Phi) is 6.64. The van der Waals surface area contributed by atoms with Crippen LogP contribution in [0.1, 0.15) is 4.88 Å². The number of halogens is 1. The molecule has 2 aromatic carbocycles. The molecular weight excluding hydrogens is 454 g/mol. The zero-order valence-electron chi connectivity index (χ0n) is 17.2. The Balaban J connectivity index is 1.35. The fourth-order valence-electron chi connectivity index (χ4n) is 3.74. The molecule has 0 radical (unpaired) electrons. The monoisotopic (exact) mass is 477 g/mol. The van der Waals surface area contributed by atoms with Crippen molar-refractivity contribution in [1.82, 2.24) is 14.1 Å². The molecule has 0 unspecified atom stereocenters. The summed E-state index contributed by atoms with van der Waals surface area (Å²) >= 11 is 7.47. The zero-order chi connectivity index (χ0) is 22.0.